The summed E-state index contributed by atoms with van der Waals surface area (Å²) in [6.45, 7) is -2.37. The molecule has 82 valence electrons. The molecule has 0 aliphatic carbocycles. The molecule has 0 unspecified atom stereocenters. The van der Waals surface area contributed by atoms with Crippen LogP contribution in [0.2, 0.25) is 0 Å². The lowest BCUT2D eigenvalue weighted by atomic mass is 10.3. The SMILES string of the molecule is FC(F)Oc1ccccc1NC/C=C/Cl. The Morgan fingerprint density at radius 3 is 2.80 bits per heavy atom. The second kappa shape index (κ2) is 6.24. The van der Waals surface area contributed by atoms with E-state index in [1.807, 2.05) is 0 Å². The van der Waals surface area contributed by atoms with Crippen molar-refractivity contribution in [3.8, 4) is 5.75 Å². The number of halogens is 3. The van der Waals surface area contributed by atoms with Crippen LogP contribution < -0.4 is 10.1 Å². The third-order valence-electron chi connectivity index (χ3n) is 1.60. The van der Waals surface area contributed by atoms with Crippen molar-refractivity contribution in [2.75, 3.05) is 11.9 Å². The molecule has 0 aliphatic rings. The van der Waals surface area contributed by atoms with E-state index in [4.69, 9.17) is 11.6 Å². The largest absolute Gasteiger partial charge is 0.433 e. The van der Waals surface area contributed by atoms with E-state index in [1.54, 1.807) is 24.3 Å². The molecule has 0 saturated carbocycles. The number of rotatable bonds is 5. The van der Waals surface area contributed by atoms with Gasteiger partial charge >= 0.3 is 6.61 Å². The van der Waals surface area contributed by atoms with Crippen molar-refractivity contribution >= 4 is 17.3 Å². The zero-order valence-corrected chi connectivity index (χ0v) is 8.55. The van der Waals surface area contributed by atoms with Crippen molar-refractivity contribution in [3.05, 3.63) is 35.9 Å². The number of anilines is 1. The van der Waals surface area contributed by atoms with Gasteiger partial charge in [-0.2, -0.15) is 8.78 Å². The van der Waals surface area contributed by atoms with Crippen molar-refractivity contribution < 1.29 is 13.5 Å². The van der Waals surface area contributed by atoms with Gasteiger partial charge in [0.2, 0.25) is 0 Å². The summed E-state index contributed by atoms with van der Waals surface area (Å²) < 4.78 is 28.3. The topological polar surface area (TPSA) is 21.3 Å². The molecular formula is C10H10ClF2NO. The molecule has 1 aromatic carbocycles. The number of hydrogen-bond donors (Lipinski definition) is 1. The zero-order valence-electron chi connectivity index (χ0n) is 7.79. The van der Waals surface area contributed by atoms with E-state index in [1.165, 1.54) is 11.6 Å². The summed E-state index contributed by atoms with van der Waals surface area (Å²) in [4.78, 5) is 0. The first-order chi connectivity index (χ1) is 7.24. The van der Waals surface area contributed by atoms with Crippen LogP contribution in [0.3, 0.4) is 0 Å². The van der Waals surface area contributed by atoms with Gasteiger partial charge < -0.3 is 10.1 Å². The predicted octanol–water partition coefficient (Wildman–Crippen LogP) is 3.45. The number of benzene rings is 1. The molecule has 0 spiro atoms. The summed E-state index contributed by atoms with van der Waals surface area (Å²) in [5.41, 5.74) is 1.86. The van der Waals surface area contributed by atoms with Crippen LogP contribution in [0.25, 0.3) is 0 Å². The highest BCUT2D eigenvalue weighted by Crippen LogP contribution is 2.25. The van der Waals surface area contributed by atoms with Crippen LogP contribution in [-0.2, 0) is 0 Å². The molecule has 1 rings (SSSR count). The van der Waals surface area contributed by atoms with Crippen LogP contribution in [0.15, 0.2) is 35.9 Å². The molecular weight excluding hydrogens is 224 g/mol. The number of hydrogen-bond acceptors (Lipinski definition) is 2. The fraction of sp³-hybridized carbons (Fsp3) is 0.200. The van der Waals surface area contributed by atoms with Crippen molar-refractivity contribution in [2.24, 2.45) is 0 Å². The van der Waals surface area contributed by atoms with E-state index in [-0.39, 0.29) is 5.75 Å². The normalized spacial score (nSPS) is 10.9. The highest BCUT2D eigenvalue weighted by atomic mass is 35.5. The fourth-order valence-corrected chi connectivity index (χ4v) is 1.11. The molecule has 2 nitrogen and oxygen atoms in total. The van der Waals surface area contributed by atoms with E-state index in [2.05, 4.69) is 10.1 Å². The Bertz CT molecular complexity index is 331. The highest BCUT2D eigenvalue weighted by molar-refractivity contribution is 6.25. The highest BCUT2D eigenvalue weighted by Gasteiger charge is 2.07. The summed E-state index contributed by atoms with van der Waals surface area (Å²) in [5, 5.41) is 2.89. The van der Waals surface area contributed by atoms with Crippen LogP contribution in [0, 0.1) is 0 Å². The van der Waals surface area contributed by atoms with Gasteiger partial charge in [-0.25, -0.2) is 0 Å². The van der Waals surface area contributed by atoms with E-state index in [9.17, 15) is 8.78 Å². The minimum absolute atomic E-state index is 0.121. The molecule has 0 aromatic heterocycles. The van der Waals surface area contributed by atoms with Crippen LogP contribution in [0.4, 0.5) is 14.5 Å². The number of alkyl halides is 2. The number of para-hydroxylation sites is 2. The van der Waals surface area contributed by atoms with E-state index in [0.29, 0.717) is 12.2 Å². The van der Waals surface area contributed by atoms with Crippen molar-refractivity contribution in [1.29, 1.82) is 0 Å². The Morgan fingerprint density at radius 2 is 2.13 bits per heavy atom. The third kappa shape index (κ3) is 4.16. The molecule has 15 heavy (non-hydrogen) atoms. The summed E-state index contributed by atoms with van der Waals surface area (Å²) in [5.74, 6) is 0.121. The van der Waals surface area contributed by atoms with Gasteiger partial charge in [0.1, 0.15) is 5.75 Å². The van der Waals surface area contributed by atoms with Crippen molar-refractivity contribution in [2.45, 2.75) is 6.61 Å². The average molecular weight is 234 g/mol. The molecule has 1 aromatic rings. The van der Waals surface area contributed by atoms with Crippen LogP contribution in [-0.4, -0.2) is 13.2 Å². The first-order valence-electron chi connectivity index (χ1n) is 4.27. The van der Waals surface area contributed by atoms with Crippen molar-refractivity contribution in [3.63, 3.8) is 0 Å². The molecule has 0 amide bonds. The number of nitrogens with one attached hydrogen (secondary N) is 1. The Labute approximate surface area is 91.5 Å². The van der Waals surface area contributed by atoms with Crippen molar-refractivity contribution in [1.82, 2.24) is 0 Å². The van der Waals surface area contributed by atoms with E-state index < -0.39 is 6.61 Å². The third-order valence-corrected chi connectivity index (χ3v) is 1.78. The van der Waals surface area contributed by atoms with E-state index >= 15 is 0 Å². The maximum absolute atomic E-state index is 12.0. The van der Waals surface area contributed by atoms with E-state index in [0.717, 1.165) is 0 Å². The lowest BCUT2D eigenvalue weighted by Gasteiger charge is -2.10. The Balaban J connectivity index is 2.68. The standard InChI is InChI=1S/C10H10ClF2NO/c11-6-3-7-14-8-4-1-2-5-9(8)15-10(12)13/h1-6,10,14H,7H2/b6-3+. The second-order valence-corrected chi connectivity index (χ2v) is 2.87. The minimum Gasteiger partial charge on any atom is -0.433 e. The quantitative estimate of drug-likeness (QED) is 0.841. The Kier molecular flexibility index (Phi) is 4.90. The fourth-order valence-electron chi connectivity index (χ4n) is 1.02. The minimum atomic E-state index is -2.82. The Morgan fingerprint density at radius 1 is 1.40 bits per heavy atom. The van der Waals surface area contributed by atoms with Gasteiger partial charge in [-0.3, -0.25) is 0 Å². The lowest BCUT2D eigenvalue weighted by molar-refractivity contribution is -0.0493. The van der Waals surface area contributed by atoms with Gasteiger partial charge in [0.05, 0.1) is 5.69 Å². The maximum Gasteiger partial charge on any atom is 0.387 e. The molecule has 0 saturated heterocycles. The van der Waals surface area contributed by atoms with Gasteiger partial charge in [0.25, 0.3) is 0 Å². The van der Waals surface area contributed by atoms with Gasteiger partial charge in [0.15, 0.2) is 0 Å². The molecule has 0 fully saturated rings. The summed E-state index contributed by atoms with van der Waals surface area (Å²) in [6.07, 6.45) is 1.65. The summed E-state index contributed by atoms with van der Waals surface area (Å²) in [7, 11) is 0. The molecule has 5 heteroatoms. The molecule has 0 radical (unpaired) electrons. The first kappa shape index (κ1) is 11.8. The van der Waals surface area contributed by atoms with Gasteiger partial charge in [-0.05, 0) is 12.1 Å². The zero-order chi connectivity index (χ0) is 11.1. The van der Waals surface area contributed by atoms with Crippen LogP contribution in [0.1, 0.15) is 0 Å². The van der Waals surface area contributed by atoms with Gasteiger partial charge in [0, 0.05) is 12.1 Å². The molecule has 0 atom stereocenters. The molecule has 0 heterocycles. The lowest BCUT2D eigenvalue weighted by Crippen LogP contribution is -2.06. The maximum atomic E-state index is 12.0. The monoisotopic (exact) mass is 233 g/mol. The van der Waals surface area contributed by atoms with Crippen LogP contribution >= 0.6 is 11.6 Å². The van der Waals surface area contributed by atoms with Gasteiger partial charge in [-0.15, -0.1) is 0 Å². The molecule has 0 bridgehead atoms. The smallest absolute Gasteiger partial charge is 0.387 e. The summed E-state index contributed by atoms with van der Waals surface area (Å²) >= 11 is 5.32. The second-order valence-electron chi connectivity index (χ2n) is 2.62. The average Bonchev–Trinajstić information content (AvgIpc) is 2.20. The Hall–Kier alpha value is -1.29. The van der Waals surface area contributed by atoms with Gasteiger partial charge in [-0.1, -0.05) is 29.8 Å². The first-order valence-corrected chi connectivity index (χ1v) is 4.70. The predicted molar refractivity (Wildman–Crippen MR) is 56.6 cm³/mol. The molecule has 1 N–H and O–H groups in total. The summed E-state index contributed by atoms with van der Waals surface area (Å²) in [6, 6.07) is 6.48. The number of ether oxygens (including phenoxy) is 1. The van der Waals surface area contributed by atoms with Crippen LogP contribution in [0.5, 0.6) is 5.75 Å². The molecule has 0 aliphatic heterocycles.